The molecule has 0 aliphatic heterocycles. The quantitative estimate of drug-likeness (QED) is 0.600. The Morgan fingerprint density at radius 2 is 2.64 bits per heavy atom. The summed E-state index contributed by atoms with van der Waals surface area (Å²) >= 11 is 0. The first-order valence-corrected chi connectivity index (χ1v) is 3.58. The highest BCUT2D eigenvalue weighted by Gasteiger charge is 1.99. The Hall–Kier alpha value is -1.31. The molecule has 0 saturated carbocycles. The zero-order chi connectivity index (χ0) is 8.10. The van der Waals surface area contributed by atoms with E-state index in [1.54, 1.807) is 0 Å². The molecule has 0 fully saturated rings. The van der Waals surface area contributed by atoms with Crippen molar-refractivity contribution in [3.05, 3.63) is 36.5 Å². The van der Waals surface area contributed by atoms with Gasteiger partial charge in [-0.05, 0) is 18.1 Å². The molecule has 0 atom stereocenters. The Bertz CT molecular complexity index is 226. The molecule has 1 aliphatic carbocycles. The van der Waals surface area contributed by atoms with Crippen LogP contribution in [0.25, 0.3) is 0 Å². The van der Waals surface area contributed by atoms with E-state index in [9.17, 15) is 4.79 Å². The molecule has 0 bridgehead atoms. The number of allylic oxidation sites excluding steroid dienone is 3. The van der Waals surface area contributed by atoms with Crippen molar-refractivity contribution in [3.8, 4) is 0 Å². The van der Waals surface area contributed by atoms with Crippen LogP contribution in [0.5, 0.6) is 0 Å². The number of hydrogen-bond donors (Lipinski definition) is 1. The van der Waals surface area contributed by atoms with Crippen LogP contribution in [-0.2, 0) is 4.79 Å². The van der Waals surface area contributed by atoms with E-state index in [-0.39, 0.29) is 5.91 Å². The Labute approximate surface area is 66.3 Å². The van der Waals surface area contributed by atoms with E-state index in [0.717, 1.165) is 6.42 Å². The molecular formula is C9H11NO. The van der Waals surface area contributed by atoms with E-state index in [2.05, 4.69) is 18.0 Å². The van der Waals surface area contributed by atoms with Gasteiger partial charge < -0.3 is 5.32 Å². The van der Waals surface area contributed by atoms with Crippen molar-refractivity contribution in [2.24, 2.45) is 0 Å². The summed E-state index contributed by atoms with van der Waals surface area (Å²) in [6.07, 6.45) is 8.31. The highest BCUT2D eigenvalue weighted by atomic mass is 16.1. The van der Waals surface area contributed by atoms with Gasteiger partial charge in [-0.25, -0.2) is 0 Å². The molecule has 0 aromatic heterocycles. The number of amides is 1. The number of hydrogen-bond acceptors (Lipinski definition) is 1. The first-order chi connectivity index (χ1) is 5.33. The molecule has 58 valence electrons. The topological polar surface area (TPSA) is 29.1 Å². The fraction of sp³-hybridized carbons (Fsp3) is 0.222. The molecule has 0 aromatic carbocycles. The molecule has 0 spiro atoms. The van der Waals surface area contributed by atoms with Crippen molar-refractivity contribution < 1.29 is 4.79 Å². The van der Waals surface area contributed by atoms with Crippen molar-refractivity contribution in [1.29, 1.82) is 0 Å². The zero-order valence-electron chi connectivity index (χ0n) is 6.34. The van der Waals surface area contributed by atoms with Crippen LogP contribution in [0.3, 0.4) is 0 Å². The van der Waals surface area contributed by atoms with Crippen LogP contribution in [0.1, 0.15) is 6.42 Å². The summed E-state index contributed by atoms with van der Waals surface area (Å²) < 4.78 is 0. The summed E-state index contributed by atoms with van der Waals surface area (Å²) in [7, 11) is 0. The van der Waals surface area contributed by atoms with E-state index in [1.807, 2.05) is 12.2 Å². The first-order valence-electron chi connectivity index (χ1n) is 3.58. The Morgan fingerprint density at radius 3 is 3.18 bits per heavy atom. The van der Waals surface area contributed by atoms with E-state index >= 15 is 0 Å². The number of carbonyl (C=O) groups is 1. The summed E-state index contributed by atoms with van der Waals surface area (Å²) in [5, 5.41) is 2.71. The van der Waals surface area contributed by atoms with Gasteiger partial charge in [-0.3, -0.25) is 4.79 Å². The van der Waals surface area contributed by atoms with E-state index < -0.39 is 0 Å². The predicted octanol–water partition coefficient (Wildman–Crippen LogP) is 1.17. The third kappa shape index (κ3) is 2.42. The van der Waals surface area contributed by atoms with Crippen molar-refractivity contribution in [1.82, 2.24) is 5.32 Å². The van der Waals surface area contributed by atoms with Gasteiger partial charge >= 0.3 is 0 Å². The predicted molar refractivity (Wildman–Crippen MR) is 45.0 cm³/mol. The van der Waals surface area contributed by atoms with Gasteiger partial charge in [-0.15, -0.1) is 0 Å². The molecule has 11 heavy (non-hydrogen) atoms. The SMILES string of the molecule is C=CC(=O)NCC1=CC=CC1. The third-order valence-corrected chi connectivity index (χ3v) is 1.52. The van der Waals surface area contributed by atoms with Crippen molar-refractivity contribution in [3.63, 3.8) is 0 Å². The minimum absolute atomic E-state index is 0.113. The Kier molecular flexibility index (Phi) is 2.66. The van der Waals surface area contributed by atoms with Crippen molar-refractivity contribution in [2.75, 3.05) is 6.54 Å². The maximum atomic E-state index is 10.7. The molecular weight excluding hydrogens is 138 g/mol. The van der Waals surface area contributed by atoms with Crippen LogP contribution in [0.4, 0.5) is 0 Å². The average molecular weight is 149 g/mol. The van der Waals surface area contributed by atoms with E-state index in [4.69, 9.17) is 0 Å². The summed E-state index contributed by atoms with van der Waals surface area (Å²) in [5.41, 5.74) is 1.24. The van der Waals surface area contributed by atoms with Crippen LogP contribution >= 0.6 is 0 Å². The molecule has 0 unspecified atom stereocenters. The van der Waals surface area contributed by atoms with Crippen LogP contribution in [0.15, 0.2) is 36.5 Å². The maximum absolute atomic E-state index is 10.7. The maximum Gasteiger partial charge on any atom is 0.243 e. The molecule has 0 heterocycles. The van der Waals surface area contributed by atoms with Gasteiger partial charge in [-0.1, -0.05) is 24.8 Å². The highest BCUT2D eigenvalue weighted by Crippen LogP contribution is 2.07. The van der Waals surface area contributed by atoms with Gasteiger partial charge in [0.05, 0.1) is 0 Å². The molecule has 1 N–H and O–H groups in total. The normalized spacial score (nSPS) is 14.4. The molecule has 0 radical (unpaired) electrons. The summed E-state index contributed by atoms with van der Waals surface area (Å²) in [6.45, 7) is 4.00. The second kappa shape index (κ2) is 3.76. The second-order valence-electron chi connectivity index (χ2n) is 2.38. The van der Waals surface area contributed by atoms with Crippen molar-refractivity contribution in [2.45, 2.75) is 6.42 Å². The minimum Gasteiger partial charge on any atom is -0.349 e. The Morgan fingerprint density at radius 1 is 1.82 bits per heavy atom. The standard InChI is InChI=1S/C9H11NO/c1-2-9(11)10-7-8-5-3-4-6-8/h2-5H,1,6-7H2,(H,10,11). The Balaban J connectivity index is 2.23. The van der Waals surface area contributed by atoms with E-state index in [0.29, 0.717) is 6.54 Å². The zero-order valence-corrected chi connectivity index (χ0v) is 6.34. The lowest BCUT2D eigenvalue weighted by Crippen LogP contribution is -2.22. The summed E-state index contributed by atoms with van der Waals surface area (Å²) in [6, 6.07) is 0. The first kappa shape index (κ1) is 7.79. The molecule has 2 nitrogen and oxygen atoms in total. The highest BCUT2D eigenvalue weighted by molar-refractivity contribution is 5.87. The lowest BCUT2D eigenvalue weighted by Gasteiger charge is -2.01. The molecule has 2 heteroatoms. The van der Waals surface area contributed by atoms with Crippen LogP contribution < -0.4 is 5.32 Å². The molecule has 1 rings (SSSR count). The van der Waals surface area contributed by atoms with Gasteiger partial charge in [0.1, 0.15) is 0 Å². The third-order valence-electron chi connectivity index (χ3n) is 1.52. The van der Waals surface area contributed by atoms with Crippen LogP contribution in [-0.4, -0.2) is 12.5 Å². The van der Waals surface area contributed by atoms with E-state index in [1.165, 1.54) is 11.6 Å². The largest absolute Gasteiger partial charge is 0.349 e. The van der Waals surface area contributed by atoms with Crippen molar-refractivity contribution >= 4 is 5.91 Å². The molecule has 1 aliphatic rings. The number of rotatable bonds is 3. The minimum atomic E-state index is -0.113. The van der Waals surface area contributed by atoms with Gasteiger partial charge in [0.25, 0.3) is 0 Å². The molecule has 0 saturated heterocycles. The van der Waals surface area contributed by atoms with Crippen LogP contribution in [0, 0.1) is 0 Å². The van der Waals surface area contributed by atoms with Gasteiger partial charge in [0.15, 0.2) is 0 Å². The monoisotopic (exact) mass is 149 g/mol. The summed E-state index contributed by atoms with van der Waals surface area (Å²) in [5.74, 6) is -0.113. The lowest BCUT2D eigenvalue weighted by molar-refractivity contribution is -0.116. The second-order valence-corrected chi connectivity index (χ2v) is 2.38. The number of nitrogens with one attached hydrogen (secondary N) is 1. The fourth-order valence-corrected chi connectivity index (χ4v) is 0.895. The molecule has 1 amide bonds. The average Bonchev–Trinajstić information content (AvgIpc) is 2.52. The smallest absolute Gasteiger partial charge is 0.243 e. The lowest BCUT2D eigenvalue weighted by atomic mass is 10.2. The molecule has 0 aromatic rings. The summed E-state index contributed by atoms with van der Waals surface area (Å²) in [4.78, 5) is 10.7. The van der Waals surface area contributed by atoms with Crippen LogP contribution in [0.2, 0.25) is 0 Å². The van der Waals surface area contributed by atoms with Gasteiger partial charge in [0.2, 0.25) is 5.91 Å². The van der Waals surface area contributed by atoms with Gasteiger partial charge in [0, 0.05) is 6.54 Å². The van der Waals surface area contributed by atoms with Gasteiger partial charge in [-0.2, -0.15) is 0 Å². The number of carbonyl (C=O) groups excluding carboxylic acids is 1. The fourth-order valence-electron chi connectivity index (χ4n) is 0.895.